The molecule has 0 saturated heterocycles. The van der Waals surface area contributed by atoms with Gasteiger partial charge < -0.3 is 30.1 Å². The smallest absolute Gasteiger partial charge is 0.408 e. The molecule has 1 aromatic carbocycles. The first-order chi connectivity index (χ1) is 17.4. The zero-order valence-electron chi connectivity index (χ0n) is 23.0. The lowest BCUT2D eigenvalue weighted by Crippen LogP contribution is -2.52. The van der Waals surface area contributed by atoms with E-state index < -0.39 is 41.6 Å². The number of amides is 3. The molecule has 0 aliphatic carbocycles. The zero-order chi connectivity index (χ0) is 28.0. The number of carbonyl (C=O) groups is 4. The van der Waals surface area contributed by atoms with E-state index >= 15 is 0 Å². The van der Waals surface area contributed by atoms with E-state index in [1.807, 2.05) is 0 Å². The summed E-state index contributed by atoms with van der Waals surface area (Å²) in [6.45, 7) is 8.70. The van der Waals surface area contributed by atoms with Gasteiger partial charge in [0.1, 0.15) is 30.0 Å². The van der Waals surface area contributed by atoms with E-state index in [2.05, 4.69) is 22.3 Å². The van der Waals surface area contributed by atoms with E-state index in [9.17, 15) is 24.3 Å². The third kappa shape index (κ3) is 12.0. The maximum Gasteiger partial charge on any atom is 0.408 e. The number of ether oxygens (including phenoxy) is 2. The molecule has 0 spiro atoms. The van der Waals surface area contributed by atoms with Gasteiger partial charge in [-0.1, -0.05) is 51.2 Å². The van der Waals surface area contributed by atoms with E-state index in [4.69, 9.17) is 4.74 Å². The summed E-state index contributed by atoms with van der Waals surface area (Å²) in [4.78, 5) is 52.3. The lowest BCUT2D eigenvalue weighted by Gasteiger charge is -2.33. The second kappa shape index (κ2) is 15.7. The lowest BCUT2D eigenvalue weighted by atomic mass is 10.0. The highest BCUT2D eigenvalue weighted by Gasteiger charge is 2.34. The number of nitrogens with zero attached hydrogens (tertiary/aromatic N) is 1. The fraction of sp³-hybridized carbons (Fsp3) is 0.630. The third-order valence-corrected chi connectivity index (χ3v) is 5.54. The van der Waals surface area contributed by atoms with Crippen LogP contribution in [0.4, 0.5) is 4.79 Å². The minimum Gasteiger partial charge on any atom is -0.508 e. The molecule has 0 aromatic heterocycles. The Morgan fingerprint density at radius 3 is 2.16 bits per heavy atom. The number of unbranched alkanes of at least 4 members (excludes halogenated alkanes) is 5. The predicted octanol–water partition coefficient (Wildman–Crippen LogP) is 3.82. The number of hydrogen-bond acceptors (Lipinski definition) is 7. The molecular formula is C27H43N3O7. The van der Waals surface area contributed by atoms with Crippen molar-refractivity contribution in [1.29, 1.82) is 0 Å². The number of phenolic OH excluding ortho intramolecular Hbond substituents is 1. The van der Waals surface area contributed by atoms with Crippen LogP contribution in [0.5, 0.6) is 5.75 Å². The lowest BCUT2D eigenvalue weighted by molar-refractivity contribution is -0.144. The van der Waals surface area contributed by atoms with E-state index in [1.165, 1.54) is 31.1 Å². The number of phenols is 1. The number of aromatic hydroxyl groups is 1. The largest absolute Gasteiger partial charge is 0.508 e. The van der Waals surface area contributed by atoms with Gasteiger partial charge in [-0.3, -0.25) is 14.4 Å². The van der Waals surface area contributed by atoms with Gasteiger partial charge in [-0.15, -0.1) is 0 Å². The Labute approximate surface area is 220 Å². The molecule has 0 aliphatic heterocycles. The summed E-state index contributed by atoms with van der Waals surface area (Å²) in [5, 5.41) is 14.8. The summed E-state index contributed by atoms with van der Waals surface area (Å²) in [5.74, 6) is -1.69. The summed E-state index contributed by atoms with van der Waals surface area (Å²) in [7, 11) is 1.21. The molecule has 37 heavy (non-hydrogen) atoms. The van der Waals surface area contributed by atoms with Crippen molar-refractivity contribution in [3.05, 3.63) is 29.8 Å². The van der Waals surface area contributed by atoms with Crippen LogP contribution in [-0.2, 0) is 23.9 Å². The van der Waals surface area contributed by atoms with Crippen molar-refractivity contribution in [1.82, 2.24) is 15.5 Å². The fourth-order valence-corrected chi connectivity index (χ4v) is 3.68. The van der Waals surface area contributed by atoms with Crippen molar-refractivity contribution >= 4 is 23.9 Å². The van der Waals surface area contributed by atoms with Crippen molar-refractivity contribution in [2.24, 2.45) is 0 Å². The fourth-order valence-electron chi connectivity index (χ4n) is 3.68. The molecule has 1 aromatic rings. The molecule has 0 saturated carbocycles. The second-order valence-corrected chi connectivity index (χ2v) is 9.96. The predicted molar refractivity (Wildman–Crippen MR) is 140 cm³/mol. The monoisotopic (exact) mass is 521 g/mol. The van der Waals surface area contributed by atoms with Gasteiger partial charge in [-0.05, 0) is 51.8 Å². The number of rotatable bonds is 14. The number of benzene rings is 1. The highest BCUT2D eigenvalue weighted by atomic mass is 16.6. The summed E-state index contributed by atoms with van der Waals surface area (Å²) < 4.78 is 9.89. The van der Waals surface area contributed by atoms with Crippen LogP contribution >= 0.6 is 0 Å². The topological polar surface area (TPSA) is 134 Å². The molecule has 2 atom stereocenters. The molecule has 3 amide bonds. The van der Waals surface area contributed by atoms with Gasteiger partial charge in [0.05, 0.1) is 7.11 Å². The minimum atomic E-state index is -1.10. The van der Waals surface area contributed by atoms with Gasteiger partial charge >= 0.3 is 12.1 Å². The van der Waals surface area contributed by atoms with Gasteiger partial charge in [0.25, 0.3) is 0 Å². The molecule has 10 nitrogen and oxygen atoms in total. The van der Waals surface area contributed by atoms with E-state index in [1.54, 1.807) is 32.9 Å². The first-order valence-electron chi connectivity index (χ1n) is 12.8. The Morgan fingerprint density at radius 2 is 1.59 bits per heavy atom. The Kier molecular flexibility index (Phi) is 13.5. The minimum absolute atomic E-state index is 0.00577. The van der Waals surface area contributed by atoms with Crippen molar-refractivity contribution in [2.75, 3.05) is 20.2 Å². The SMILES string of the molecule is CCCCCCCCN(C(=O)C(C)NC(=O)OC(C)(C)C)C(C(=O)NCC(=O)OC)c1ccc(O)cc1. The first-order valence-corrected chi connectivity index (χ1v) is 12.8. The normalized spacial score (nSPS) is 12.7. The van der Waals surface area contributed by atoms with Crippen molar-refractivity contribution < 1.29 is 33.8 Å². The summed E-state index contributed by atoms with van der Waals surface area (Å²) in [6, 6.07) is 3.85. The Balaban J connectivity index is 3.24. The number of alkyl carbamates (subject to hydrolysis) is 1. The number of hydrogen-bond donors (Lipinski definition) is 3. The highest BCUT2D eigenvalue weighted by molar-refractivity contribution is 5.93. The highest BCUT2D eigenvalue weighted by Crippen LogP contribution is 2.25. The molecule has 0 radical (unpaired) electrons. The van der Waals surface area contributed by atoms with Crippen LogP contribution in [0.1, 0.15) is 84.7 Å². The van der Waals surface area contributed by atoms with Crippen molar-refractivity contribution in [3.8, 4) is 5.75 Å². The van der Waals surface area contributed by atoms with Gasteiger partial charge in [-0.25, -0.2) is 4.79 Å². The standard InChI is InChI=1S/C27H43N3O7/c1-7-8-9-10-11-12-17-30(25(34)19(2)29-26(35)37-27(3,4)5)23(20-13-15-21(31)16-14-20)24(33)28-18-22(32)36-6/h13-16,19,23,31H,7-12,17-18H2,1-6H3,(H,28,33)(H,29,35). The van der Waals surface area contributed by atoms with Crippen LogP contribution in [0.2, 0.25) is 0 Å². The average molecular weight is 522 g/mol. The second-order valence-electron chi connectivity index (χ2n) is 9.96. The van der Waals surface area contributed by atoms with E-state index in [-0.39, 0.29) is 18.8 Å². The summed E-state index contributed by atoms with van der Waals surface area (Å²) >= 11 is 0. The quantitative estimate of drug-likeness (QED) is 0.250. The summed E-state index contributed by atoms with van der Waals surface area (Å²) in [6.07, 6.45) is 5.09. The molecule has 1 rings (SSSR count). The maximum atomic E-state index is 13.6. The summed E-state index contributed by atoms with van der Waals surface area (Å²) in [5.41, 5.74) is -0.295. The van der Waals surface area contributed by atoms with Crippen LogP contribution in [0.3, 0.4) is 0 Å². The molecule has 3 N–H and O–H groups in total. The molecule has 0 heterocycles. The van der Waals surface area contributed by atoms with E-state index in [0.29, 0.717) is 12.0 Å². The van der Waals surface area contributed by atoms with Crippen molar-refractivity contribution in [2.45, 2.75) is 90.8 Å². The number of nitrogens with one attached hydrogen (secondary N) is 2. The van der Waals surface area contributed by atoms with Gasteiger partial charge in [0.2, 0.25) is 11.8 Å². The zero-order valence-corrected chi connectivity index (χ0v) is 23.0. The van der Waals surface area contributed by atoms with Crippen LogP contribution in [0.15, 0.2) is 24.3 Å². The molecule has 2 unspecified atom stereocenters. The molecule has 10 heteroatoms. The molecule has 0 aliphatic rings. The Morgan fingerprint density at radius 1 is 1.00 bits per heavy atom. The van der Waals surface area contributed by atoms with E-state index in [0.717, 1.165) is 32.1 Å². The van der Waals surface area contributed by atoms with Crippen LogP contribution in [0, 0.1) is 0 Å². The van der Waals surface area contributed by atoms with Crippen molar-refractivity contribution in [3.63, 3.8) is 0 Å². The maximum absolute atomic E-state index is 13.6. The number of carbonyl (C=O) groups excluding carboxylic acids is 4. The molecule has 0 bridgehead atoms. The van der Waals surface area contributed by atoms with Gasteiger partial charge in [0, 0.05) is 6.54 Å². The Bertz CT molecular complexity index is 881. The van der Waals surface area contributed by atoms with Crippen LogP contribution < -0.4 is 10.6 Å². The number of esters is 1. The first kappa shape index (κ1) is 31.7. The molecular weight excluding hydrogens is 478 g/mol. The molecule has 208 valence electrons. The molecule has 0 fully saturated rings. The number of methoxy groups -OCH3 is 1. The third-order valence-electron chi connectivity index (χ3n) is 5.54. The van der Waals surface area contributed by atoms with Gasteiger partial charge in [0.15, 0.2) is 0 Å². The van der Waals surface area contributed by atoms with Crippen LogP contribution in [0.25, 0.3) is 0 Å². The average Bonchev–Trinajstić information content (AvgIpc) is 2.82. The van der Waals surface area contributed by atoms with Crippen LogP contribution in [-0.4, -0.2) is 65.7 Å². The van der Waals surface area contributed by atoms with Gasteiger partial charge in [-0.2, -0.15) is 0 Å². The Hall–Kier alpha value is -3.30.